The minimum absolute atomic E-state index is 0.255. The SMILES string of the molecule is Cc1ccc(Nc2nc3[nH]ncc3c(=O)n2N)cc1. The van der Waals surface area contributed by atoms with Gasteiger partial charge in [-0.2, -0.15) is 14.8 Å². The second-order valence-electron chi connectivity index (χ2n) is 4.23. The molecule has 0 saturated carbocycles. The van der Waals surface area contributed by atoms with Crippen molar-refractivity contribution in [1.29, 1.82) is 0 Å². The standard InChI is InChI=1S/C12H12N6O/c1-7-2-4-8(5-3-7)15-12-16-10-9(6-14-17-10)11(19)18(12)13/h2-6H,13H2,1H3,(H2,14,15,16,17). The van der Waals surface area contributed by atoms with E-state index in [2.05, 4.69) is 20.5 Å². The summed E-state index contributed by atoms with van der Waals surface area (Å²) in [7, 11) is 0. The Morgan fingerprint density at radius 1 is 1.32 bits per heavy atom. The van der Waals surface area contributed by atoms with Crippen molar-refractivity contribution in [2.45, 2.75) is 6.92 Å². The van der Waals surface area contributed by atoms with E-state index in [0.29, 0.717) is 11.0 Å². The molecule has 7 heteroatoms. The predicted molar refractivity (Wildman–Crippen MR) is 72.8 cm³/mol. The van der Waals surface area contributed by atoms with E-state index in [1.807, 2.05) is 31.2 Å². The number of hydrogen-bond donors (Lipinski definition) is 3. The summed E-state index contributed by atoms with van der Waals surface area (Å²) in [5.74, 6) is 5.98. The van der Waals surface area contributed by atoms with E-state index in [1.165, 1.54) is 6.20 Å². The Balaban J connectivity index is 2.07. The number of aromatic nitrogens is 4. The van der Waals surface area contributed by atoms with Gasteiger partial charge in [0.2, 0.25) is 5.95 Å². The molecule has 0 unspecified atom stereocenters. The molecule has 1 aromatic carbocycles. The van der Waals surface area contributed by atoms with Crippen molar-refractivity contribution in [3.05, 3.63) is 46.4 Å². The van der Waals surface area contributed by atoms with Gasteiger partial charge in [-0.15, -0.1) is 0 Å². The van der Waals surface area contributed by atoms with Crippen molar-refractivity contribution in [2.75, 3.05) is 11.2 Å². The summed E-state index contributed by atoms with van der Waals surface area (Å²) in [5, 5.41) is 9.79. The molecule has 0 aliphatic rings. The van der Waals surface area contributed by atoms with Gasteiger partial charge in [-0.3, -0.25) is 9.89 Å². The lowest BCUT2D eigenvalue weighted by Gasteiger charge is -2.09. The summed E-state index contributed by atoms with van der Waals surface area (Å²) in [4.78, 5) is 16.2. The van der Waals surface area contributed by atoms with E-state index in [9.17, 15) is 4.79 Å². The molecular formula is C12H12N6O. The largest absolute Gasteiger partial charge is 0.333 e. The van der Waals surface area contributed by atoms with Gasteiger partial charge in [-0.25, -0.2) is 0 Å². The number of aromatic amines is 1. The number of benzene rings is 1. The number of H-pyrrole nitrogens is 1. The highest BCUT2D eigenvalue weighted by Crippen LogP contribution is 2.14. The lowest BCUT2D eigenvalue weighted by atomic mass is 10.2. The zero-order valence-electron chi connectivity index (χ0n) is 10.2. The van der Waals surface area contributed by atoms with Crippen LogP contribution in [0.3, 0.4) is 0 Å². The second-order valence-corrected chi connectivity index (χ2v) is 4.23. The molecule has 0 fully saturated rings. The van der Waals surface area contributed by atoms with E-state index >= 15 is 0 Å². The Labute approximate surface area is 108 Å². The average Bonchev–Trinajstić information content (AvgIpc) is 2.86. The quantitative estimate of drug-likeness (QED) is 0.591. The molecule has 3 aromatic rings. The maximum absolute atomic E-state index is 12.0. The first-order chi connectivity index (χ1) is 9.15. The minimum Gasteiger partial charge on any atom is -0.333 e. The molecule has 0 radical (unpaired) electrons. The lowest BCUT2D eigenvalue weighted by Crippen LogP contribution is -2.30. The smallest absolute Gasteiger partial charge is 0.284 e. The molecule has 2 heterocycles. The van der Waals surface area contributed by atoms with Crippen molar-refractivity contribution in [3.63, 3.8) is 0 Å². The van der Waals surface area contributed by atoms with Crippen LogP contribution in [0, 0.1) is 6.92 Å². The van der Waals surface area contributed by atoms with Crippen LogP contribution in [-0.2, 0) is 0 Å². The summed E-state index contributed by atoms with van der Waals surface area (Å²) < 4.78 is 0.970. The normalized spacial score (nSPS) is 10.8. The fourth-order valence-electron chi connectivity index (χ4n) is 1.76. The molecule has 0 bridgehead atoms. The topological polar surface area (TPSA) is 102 Å². The molecule has 0 amide bonds. The predicted octanol–water partition coefficient (Wildman–Crippen LogP) is 0.885. The van der Waals surface area contributed by atoms with Gasteiger partial charge in [0.05, 0.1) is 6.20 Å². The Bertz CT molecular complexity index is 786. The van der Waals surface area contributed by atoms with Crippen molar-refractivity contribution < 1.29 is 0 Å². The van der Waals surface area contributed by atoms with Crippen molar-refractivity contribution >= 4 is 22.7 Å². The summed E-state index contributed by atoms with van der Waals surface area (Å²) >= 11 is 0. The lowest BCUT2D eigenvalue weighted by molar-refractivity contribution is 0.923. The second kappa shape index (κ2) is 4.13. The molecule has 96 valence electrons. The van der Waals surface area contributed by atoms with Crippen LogP contribution in [0.25, 0.3) is 11.0 Å². The molecule has 7 nitrogen and oxygen atoms in total. The van der Waals surface area contributed by atoms with Crippen LogP contribution in [0.5, 0.6) is 0 Å². The number of nitrogens with two attached hydrogens (primary N) is 1. The number of anilines is 2. The summed E-state index contributed by atoms with van der Waals surface area (Å²) in [6.45, 7) is 2.00. The van der Waals surface area contributed by atoms with E-state index in [1.54, 1.807) is 0 Å². The Hall–Kier alpha value is -2.83. The fourth-order valence-corrected chi connectivity index (χ4v) is 1.76. The fraction of sp³-hybridized carbons (Fsp3) is 0.0833. The maximum Gasteiger partial charge on any atom is 0.284 e. The molecule has 2 aromatic heterocycles. The summed E-state index contributed by atoms with van der Waals surface area (Å²) in [6.07, 6.45) is 1.41. The average molecular weight is 256 g/mol. The van der Waals surface area contributed by atoms with E-state index < -0.39 is 0 Å². The van der Waals surface area contributed by atoms with Gasteiger partial charge in [0.1, 0.15) is 5.39 Å². The van der Waals surface area contributed by atoms with E-state index in [-0.39, 0.29) is 11.5 Å². The first kappa shape index (κ1) is 11.3. The monoisotopic (exact) mass is 256 g/mol. The number of nitrogens with zero attached hydrogens (tertiary/aromatic N) is 3. The van der Waals surface area contributed by atoms with Gasteiger partial charge in [0.25, 0.3) is 5.56 Å². The highest BCUT2D eigenvalue weighted by Gasteiger charge is 2.10. The minimum atomic E-state index is -0.353. The molecular weight excluding hydrogens is 244 g/mol. The number of rotatable bonds is 2. The third-order valence-electron chi connectivity index (χ3n) is 2.82. The molecule has 4 N–H and O–H groups in total. The van der Waals surface area contributed by atoms with Gasteiger partial charge >= 0.3 is 0 Å². The number of aryl methyl sites for hydroxylation is 1. The first-order valence-electron chi connectivity index (χ1n) is 5.70. The Morgan fingerprint density at radius 3 is 2.79 bits per heavy atom. The number of fused-ring (bicyclic) bond motifs is 1. The van der Waals surface area contributed by atoms with Gasteiger partial charge < -0.3 is 11.2 Å². The number of nitrogens with one attached hydrogen (secondary N) is 2. The molecule has 0 spiro atoms. The van der Waals surface area contributed by atoms with Crippen LogP contribution in [0.4, 0.5) is 11.6 Å². The highest BCUT2D eigenvalue weighted by atomic mass is 16.1. The summed E-state index contributed by atoms with van der Waals surface area (Å²) in [5.41, 5.74) is 2.00. The Morgan fingerprint density at radius 2 is 2.05 bits per heavy atom. The molecule has 19 heavy (non-hydrogen) atoms. The van der Waals surface area contributed by atoms with Crippen LogP contribution in [0.15, 0.2) is 35.3 Å². The number of hydrogen-bond acceptors (Lipinski definition) is 5. The van der Waals surface area contributed by atoms with E-state index in [0.717, 1.165) is 15.9 Å². The van der Waals surface area contributed by atoms with Crippen LogP contribution >= 0.6 is 0 Å². The van der Waals surface area contributed by atoms with Crippen molar-refractivity contribution in [2.24, 2.45) is 0 Å². The van der Waals surface area contributed by atoms with Crippen LogP contribution < -0.4 is 16.7 Å². The highest BCUT2D eigenvalue weighted by molar-refractivity contribution is 5.74. The third-order valence-corrected chi connectivity index (χ3v) is 2.82. The summed E-state index contributed by atoms with van der Waals surface area (Å²) in [6, 6.07) is 7.68. The zero-order valence-corrected chi connectivity index (χ0v) is 10.2. The van der Waals surface area contributed by atoms with Gasteiger partial charge in [-0.05, 0) is 19.1 Å². The third kappa shape index (κ3) is 1.90. The van der Waals surface area contributed by atoms with Crippen molar-refractivity contribution in [1.82, 2.24) is 19.9 Å². The van der Waals surface area contributed by atoms with Crippen LogP contribution in [0.2, 0.25) is 0 Å². The van der Waals surface area contributed by atoms with Gasteiger partial charge in [0.15, 0.2) is 5.65 Å². The molecule has 0 aliphatic heterocycles. The molecule has 0 atom stereocenters. The zero-order chi connectivity index (χ0) is 13.4. The van der Waals surface area contributed by atoms with Crippen LogP contribution in [0.1, 0.15) is 5.56 Å². The first-order valence-corrected chi connectivity index (χ1v) is 5.70. The maximum atomic E-state index is 12.0. The number of nitrogen functional groups attached to an aromatic ring is 1. The van der Waals surface area contributed by atoms with Gasteiger partial charge in [-0.1, -0.05) is 17.7 Å². The van der Waals surface area contributed by atoms with E-state index in [4.69, 9.17) is 5.84 Å². The molecule has 0 saturated heterocycles. The Kier molecular flexibility index (Phi) is 2.45. The van der Waals surface area contributed by atoms with Crippen LogP contribution in [-0.4, -0.2) is 19.9 Å². The molecule has 3 rings (SSSR count). The molecule has 0 aliphatic carbocycles. The van der Waals surface area contributed by atoms with Crippen molar-refractivity contribution in [3.8, 4) is 0 Å². The van der Waals surface area contributed by atoms with Gasteiger partial charge in [0, 0.05) is 5.69 Å².